The second-order valence-electron chi connectivity index (χ2n) is 11.5. The van der Waals surface area contributed by atoms with Gasteiger partial charge in [-0.3, -0.25) is 0 Å². The van der Waals surface area contributed by atoms with E-state index in [9.17, 15) is 9.59 Å². The van der Waals surface area contributed by atoms with Crippen LogP contribution >= 0.6 is 0 Å². The molecule has 0 saturated carbocycles. The van der Waals surface area contributed by atoms with Crippen molar-refractivity contribution in [2.45, 2.75) is 71.6 Å². The standard InChI is InChI=1S/C35H51N5O6/c1-3-5-23-45-34(41)38-32(36)28-10-14-30(15-11-28)43-25-7-9-27-18-21-40(22-19-27)20-8-26-44-31-16-12-29(13-17-31)33(37)39-35(42)46-24-6-4-2/h10-17,27H,3-9,18-26H2,1-2H3,(H2,36,38,41)(H2,37,39,42). The number of unbranched alkanes of at least 4 members (excludes halogenated alkanes) is 2. The Balaban J connectivity index is 1.24. The molecular formula is C35H51N5O6. The molecule has 46 heavy (non-hydrogen) atoms. The van der Waals surface area contributed by atoms with Crippen LogP contribution in [0.2, 0.25) is 0 Å². The summed E-state index contributed by atoms with van der Waals surface area (Å²) in [6.07, 6.45) is 7.68. The zero-order valence-electron chi connectivity index (χ0n) is 27.5. The van der Waals surface area contributed by atoms with Crippen molar-refractivity contribution in [2.75, 3.05) is 46.1 Å². The van der Waals surface area contributed by atoms with E-state index in [2.05, 4.69) is 14.9 Å². The molecule has 0 aliphatic carbocycles. The Morgan fingerprint density at radius 2 is 1.15 bits per heavy atom. The van der Waals surface area contributed by atoms with Crippen LogP contribution in [0.15, 0.2) is 58.5 Å². The molecule has 2 amide bonds. The van der Waals surface area contributed by atoms with E-state index in [-0.39, 0.29) is 11.7 Å². The highest BCUT2D eigenvalue weighted by atomic mass is 16.5. The number of hydrogen-bond donors (Lipinski definition) is 2. The minimum atomic E-state index is -0.665. The van der Waals surface area contributed by atoms with E-state index in [1.165, 1.54) is 12.8 Å². The highest BCUT2D eigenvalue weighted by Crippen LogP contribution is 2.23. The third kappa shape index (κ3) is 13.9. The van der Waals surface area contributed by atoms with Crippen LogP contribution in [0.25, 0.3) is 0 Å². The van der Waals surface area contributed by atoms with Crippen LogP contribution in [0.5, 0.6) is 11.5 Å². The third-order valence-corrected chi connectivity index (χ3v) is 7.79. The number of amidine groups is 2. The number of ether oxygens (including phenoxy) is 4. The zero-order valence-corrected chi connectivity index (χ0v) is 27.5. The SMILES string of the molecule is CCCCOC(=O)/N=C(\N)c1ccc(OCCCC2CCN(CCCOc3ccc(/C(N)=N/C(=O)OCCCC)cc3)CC2)cc1. The number of carbonyl (C=O) groups excluding carboxylic acids is 2. The maximum atomic E-state index is 11.7. The van der Waals surface area contributed by atoms with Crippen molar-refractivity contribution in [3.8, 4) is 11.5 Å². The van der Waals surface area contributed by atoms with E-state index < -0.39 is 12.2 Å². The summed E-state index contributed by atoms with van der Waals surface area (Å²) < 4.78 is 21.9. The molecule has 0 atom stereocenters. The number of nitrogens with two attached hydrogens (primary N) is 2. The first kappa shape index (κ1) is 36.3. The van der Waals surface area contributed by atoms with Gasteiger partial charge in [0.1, 0.15) is 23.2 Å². The molecule has 0 bridgehead atoms. The van der Waals surface area contributed by atoms with Crippen molar-refractivity contribution in [3.63, 3.8) is 0 Å². The van der Waals surface area contributed by atoms with Crippen molar-refractivity contribution < 1.29 is 28.5 Å². The van der Waals surface area contributed by atoms with Gasteiger partial charge in [-0.15, -0.1) is 0 Å². The molecule has 0 radical (unpaired) electrons. The van der Waals surface area contributed by atoms with Crippen LogP contribution in [-0.4, -0.2) is 74.8 Å². The molecule has 1 saturated heterocycles. The lowest BCUT2D eigenvalue weighted by atomic mass is 9.92. The van der Waals surface area contributed by atoms with Crippen molar-refractivity contribution in [1.82, 2.24) is 4.90 Å². The average molecular weight is 638 g/mol. The van der Waals surface area contributed by atoms with Crippen LogP contribution in [-0.2, 0) is 9.47 Å². The monoisotopic (exact) mass is 637 g/mol. The lowest BCUT2D eigenvalue weighted by Crippen LogP contribution is -2.35. The molecule has 2 aromatic rings. The Bertz CT molecular complexity index is 1140. The number of amides is 2. The number of piperidine rings is 1. The van der Waals surface area contributed by atoms with Gasteiger partial charge in [0.25, 0.3) is 0 Å². The van der Waals surface area contributed by atoms with Crippen LogP contribution in [0.4, 0.5) is 9.59 Å². The van der Waals surface area contributed by atoms with Gasteiger partial charge in [-0.05, 0) is 112 Å². The number of carbonyl (C=O) groups is 2. The Hall–Kier alpha value is -4.12. The van der Waals surface area contributed by atoms with Crippen molar-refractivity contribution in [1.29, 1.82) is 0 Å². The Morgan fingerprint density at radius 3 is 1.61 bits per heavy atom. The fourth-order valence-corrected chi connectivity index (χ4v) is 4.98. The van der Waals surface area contributed by atoms with Crippen LogP contribution < -0.4 is 20.9 Å². The summed E-state index contributed by atoms with van der Waals surface area (Å²) in [5.41, 5.74) is 13.2. The molecule has 2 aromatic carbocycles. The summed E-state index contributed by atoms with van der Waals surface area (Å²) in [6.45, 7) is 9.27. The van der Waals surface area contributed by atoms with Gasteiger partial charge in [-0.1, -0.05) is 26.7 Å². The molecule has 11 heteroatoms. The minimum absolute atomic E-state index is 0.131. The molecule has 11 nitrogen and oxygen atoms in total. The van der Waals surface area contributed by atoms with Gasteiger partial charge in [0, 0.05) is 17.7 Å². The quantitative estimate of drug-likeness (QED) is 0.109. The number of rotatable bonds is 18. The number of benzene rings is 2. The molecule has 4 N–H and O–H groups in total. The molecule has 0 spiro atoms. The lowest BCUT2D eigenvalue weighted by molar-refractivity contribution is 0.154. The first-order chi connectivity index (χ1) is 22.4. The summed E-state index contributed by atoms with van der Waals surface area (Å²) in [5.74, 6) is 2.52. The van der Waals surface area contributed by atoms with Crippen molar-refractivity contribution in [3.05, 3.63) is 59.7 Å². The molecule has 1 heterocycles. The van der Waals surface area contributed by atoms with Gasteiger partial charge in [0.15, 0.2) is 0 Å². The van der Waals surface area contributed by atoms with Gasteiger partial charge >= 0.3 is 12.2 Å². The number of likely N-dealkylation sites (tertiary alicyclic amines) is 1. The summed E-state index contributed by atoms with van der Waals surface area (Å²) in [6, 6.07) is 14.6. The topological polar surface area (TPSA) is 151 Å². The predicted octanol–water partition coefficient (Wildman–Crippen LogP) is 6.31. The van der Waals surface area contributed by atoms with E-state index in [1.54, 1.807) is 24.3 Å². The number of hydrogen-bond acceptors (Lipinski definition) is 7. The second-order valence-corrected chi connectivity index (χ2v) is 11.5. The third-order valence-electron chi connectivity index (χ3n) is 7.79. The molecule has 1 aliphatic heterocycles. The molecule has 0 unspecified atom stereocenters. The van der Waals surface area contributed by atoms with E-state index in [0.717, 1.165) is 82.0 Å². The first-order valence-corrected chi connectivity index (χ1v) is 16.6. The van der Waals surface area contributed by atoms with Gasteiger partial charge in [0.2, 0.25) is 0 Å². The summed E-state index contributed by atoms with van der Waals surface area (Å²) in [4.78, 5) is 33.6. The number of nitrogens with zero attached hydrogens (tertiary/aromatic N) is 3. The molecule has 0 aromatic heterocycles. The van der Waals surface area contributed by atoms with Gasteiger partial charge in [-0.2, -0.15) is 9.98 Å². The smallest absolute Gasteiger partial charge is 0.435 e. The van der Waals surface area contributed by atoms with E-state index in [0.29, 0.717) is 37.6 Å². The molecule has 252 valence electrons. The van der Waals surface area contributed by atoms with Crippen LogP contribution in [0, 0.1) is 5.92 Å². The molecule has 3 rings (SSSR count). The average Bonchev–Trinajstić information content (AvgIpc) is 3.06. The predicted molar refractivity (Wildman–Crippen MR) is 181 cm³/mol. The van der Waals surface area contributed by atoms with Crippen molar-refractivity contribution in [2.24, 2.45) is 27.4 Å². The highest BCUT2D eigenvalue weighted by molar-refractivity contribution is 6.03. The maximum absolute atomic E-state index is 11.7. The van der Waals surface area contributed by atoms with Crippen molar-refractivity contribution >= 4 is 23.9 Å². The largest absolute Gasteiger partial charge is 0.494 e. The van der Waals surface area contributed by atoms with E-state index >= 15 is 0 Å². The fourth-order valence-electron chi connectivity index (χ4n) is 4.98. The number of aliphatic imine (C=N–C) groups is 2. The first-order valence-electron chi connectivity index (χ1n) is 16.6. The lowest BCUT2D eigenvalue weighted by Gasteiger charge is -2.32. The summed E-state index contributed by atoms with van der Waals surface area (Å²) in [5, 5.41) is 0. The fraction of sp³-hybridized carbons (Fsp3) is 0.543. The van der Waals surface area contributed by atoms with Gasteiger partial charge in [-0.25, -0.2) is 9.59 Å². The highest BCUT2D eigenvalue weighted by Gasteiger charge is 2.18. The van der Waals surface area contributed by atoms with Gasteiger partial charge < -0.3 is 35.3 Å². The minimum Gasteiger partial charge on any atom is -0.494 e. The molecular weight excluding hydrogens is 586 g/mol. The second kappa shape index (κ2) is 20.8. The summed E-state index contributed by atoms with van der Waals surface area (Å²) in [7, 11) is 0. The van der Waals surface area contributed by atoms with Crippen LogP contribution in [0.1, 0.15) is 82.8 Å². The molecule has 1 fully saturated rings. The Kier molecular flexibility index (Phi) is 16.5. The van der Waals surface area contributed by atoms with Gasteiger partial charge in [0.05, 0.1) is 26.4 Å². The molecule has 1 aliphatic rings. The van der Waals surface area contributed by atoms with Crippen LogP contribution in [0.3, 0.4) is 0 Å². The van der Waals surface area contributed by atoms with E-state index in [4.69, 9.17) is 30.4 Å². The summed E-state index contributed by atoms with van der Waals surface area (Å²) >= 11 is 0. The normalized spacial score (nSPS) is 14.6. The Labute approximate surface area is 273 Å². The zero-order chi connectivity index (χ0) is 33.0. The Morgan fingerprint density at radius 1 is 0.696 bits per heavy atom. The maximum Gasteiger partial charge on any atom is 0.435 e. The van der Waals surface area contributed by atoms with E-state index in [1.807, 2.05) is 38.1 Å².